The van der Waals surface area contributed by atoms with Crippen LogP contribution in [0.5, 0.6) is 5.88 Å². The molecule has 0 atom stereocenters. The fourth-order valence-corrected chi connectivity index (χ4v) is 4.45. The average molecular weight is 512 g/mol. The first-order valence-corrected chi connectivity index (χ1v) is 12.0. The first-order valence-electron chi connectivity index (χ1n) is 10.9. The number of nitrogens with one attached hydrogen (secondary N) is 2. The quantitative estimate of drug-likeness (QED) is 0.454. The third-order valence-corrected chi connectivity index (χ3v) is 6.44. The topological polar surface area (TPSA) is 89.5 Å². The van der Waals surface area contributed by atoms with E-state index >= 15 is 0 Å². The Morgan fingerprint density at radius 2 is 1.82 bits per heavy atom. The standard InChI is InChI=1S/C25H26BrN3O4/c1-32-22-9-8-21(23(29-22)25(31)27-15-16-10-12-33-13-11-16)28-24(30)20-7-6-17(14-26)18-4-2-3-5-19(18)20/h2-9,16H,10-15H2,1H3,(H,27,31)(H,28,30). The predicted molar refractivity (Wildman–Crippen MR) is 131 cm³/mol. The van der Waals surface area contributed by atoms with E-state index in [0.29, 0.717) is 48.1 Å². The summed E-state index contributed by atoms with van der Waals surface area (Å²) in [4.78, 5) is 30.5. The second kappa shape index (κ2) is 10.8. The molecule has 1 aliphatic heterocycles. The Kier molecular flexibility index (Phi) is 7.57. The minimum Gasteiger partial charge on any atom is -0.481 e. The number of amides is 2. The third kappa shape index (κ3) is 5.34. The molecular formula is C25H26BrN3O4. The third-order valence-electron chi connectivity index (χ3n) is 5.84. The van der Waals surface area contributed by atoms with Crippen LogP contribution >= 0.6 is 15.9 Å². The fourth-order valence-electron chi connectivity index (χ4n) is 3.97. The van der Waals surface area contributed by atoms with Crippen LogP contribution in [0.25, 0.3) is 10.8 Å². The molecule has 2 heterocycles. The number of alkyl halides is 1. The van der Waals surface area contributed by atoms with Crippen molar-refractivity contribution in [3.8, 4) is 5.88 Å². The summed E-state index contributed by atoms with van der Waals surface area (Å²) in [5.74, 6) is 0.00922. The highest BCUT2D eigenvalue weighted by Gasteiger charge is 2.21. The molecule has 33 heavy (non-hydrogen) atoms. The highest BCUT2D eigenvalue weighted by molar-refractivity contribution is 9.08. The molecule has 2 N–H and O–H groups in total. The molecule has 2 aromatic carbocycles. The van der Waals surface area contributed by atoms with Gasteiger partial charge in [0.1, 0.15) is 0 Å². The molecule has 0 aliphatic carbocycles. The largest absolute Gasteiger partial charge is 0.481 e. The summed E-state index contributed by atoms with van der Waals surface area (Å²) in [5.41, 5.74) is 2.08. The number of halogens is 1. The van der Waals surface area contributed by atoms with Gasteiger partial charge in [0.25, 0.3) is 11.8 Å². The second-order valence-electron chi connectivity index (χ2n) is 7.92. The van der Waals surface area contributed by atoms with Gasteiger partial charge in [-0.3, -0.25) is 9.59 Å². The van der Waals surface area contributed by atoms with Crippen LogP contribution in [0.2, 0.25) is 0 Å². The van der Waals surface area contributed by atoms with Crippen molar-refractivity contribution in [1.82, 2.24) is 10.3 Å². The summed E-state index contributed by atoms with van der Waals surface area (Å²) in [7, 11) is 1.49. The Hall–Kier alpha value is -2.97. The molecule has 172 valence electrons. The van der Waals surface area contributed by atoms with Gasteiger partial charge in [-0.2, -0.15) is 0 Å². The van der Waals surface area contributed by atoms with Gasteiger partial charge in [-0.1, -0.05) is 46.3 Å². The van der Waals surface area contributed by atoms with Crippen molar-refractivity contribution in [2.24, 2.45) is 5.92 Å². The lowest BCUT2D eigenvalue weighted by atomic mass is 9.99. The summed E-state index contributed by atoms with van der Waals surface area (Å²) in [6.07, 6.45) is 1.82. The Morgan fingerprint density at radius 3 is 2.55 bits per heavy atom. The number of methoxy groups -OCH3 is 1. The molecule has 1 saturated heterocycles. The lowest BCUT2D eigenvalue weighted by Crippen LogP contribution is -2.33. The van der Waals surface area contributed by atoms with E-state index in [9.17, 15) is 9.59 Å². The van der Waals surface area contributed by atoms with Crippen LogP contribution in [0.1, 0.15) is 39.3 Å². The van der Waals surface area contributed by atoms with Gasteiger partial charge in [-0.05, 0) is 47.2 Å². The summed E-state index contributed by atoms with van der Waals surface area (Å²) < 4.78 is 10.6. The number of pyridine rings is 1. The summed E-state index contributed by atoms with van der Waals surface area (Å²) in [5, 5.41) is 8.37. The van der Waals surface area contributed by atoms with E-state index in [1.165, 1.54) is 7.11 Å². The van der Waals surface area contributed by atoms with Crippen molar-refractivity contribution < 1.29 is 19.1 Å². The average Bonchev–Trinajstić information content (AvgIpc) is 2.87. The van der Waals surface area contributed by atoms with Crippen molar-refractivity contribution in [1.29, 1.82) is 0 Å². The number of rotatable bonds is 7. The number of benzene rings is 2. The van der Waals surface area contributed by atoms with Crippen molar-refractivity contribution >= 4 is 44.2 Å². The molecule has 0 bridgehead atoms. The van der Waals surface area contributed by atoms with Crippen LogP contribution in [0.15, 0.2) is 48.5 Å². The fraction of sp³-hybridized carbons (Fsp3) is 0.320. The first kappa shape index (κ1) is 23.2. The van der Waals surface area contributed by atoms with Crippen LogP contribution in [-0.2, 0) is 10.1 Å². The molecule has 2 amide bonds. The Morgan fingerprint density at radius 1 is 1.06 bits per heavy atom. The maximum Gasteiger partial charge on any atom is 0.272 e. The maximum absolute atomic E-state index is 13.2. The summed E-state index contributed by atoms with van der Waals surface area (Å²) >= 11 is 3.50. The zero-order valence-corrected chi connectivity index (χ0v) is 20.0. The molecule has 4 rings (SSSR count). The molecule has 1 aromatic heterocycles. The number of hydrogen-bond acceptors (Lipinski definition) is 5. The number of ether oxygens (including phenoxy) is 2. The first-order chi connectivity index (χ1) is 16.1. The van der Waals surface area contributed by atoms with E-state index in [1.54, 1.807) is 18.2 Å². The monoisotopic (exact) mass is 511 g/mol. The van der Waals surface area contributed by atoms with Gasteiger partial charge in [0, 0.05) is 36.7 Å². The van der Waals surface area contributed by atoms with E-state index in [1.807, 2.05) is 30.3 Å². The van der Waals surface area contributed by atoms with Crippen molar-refractivity contribution in [3.05, 3.63) is 65.4 Å². The minimum atomic E-state index is -0.352. The molecular weight excluding hydrogens is 486 g/mol. The van der Waals surface area contributed by atoms with E-state index in [0.717, 1.165) is 29.2 Å². The normalized spacial score (nSPS) is 14.1. The zero-order chi connectivity index (χ0) is 23.2. The predicted octanol–water partition coefficient (Wildman–Crippen LogP) is 4.55. The molecule has 0 unspecified atom stereocenters. The zero-order valence-electron chi connectivity index (χ0n) is 18.4. The Balaban J connectivity index is 1.58. The molecule has 0 saturated carbocycles. The molecule has 7 nitrogen and oxygen atoms in total. The van der Waals surface area contributed by atoms with Crippen molar-refractivity contribution in [2.75, 3.05) is 32.2 Å². The number of carbonyl (C=O) groups is 2. The highest BCUT2D eigenvalue weighted by Crippen LogP contribution is 2.26. The number of nitrogens with zero attached hydrogens (tertiary/aromatic N) is 1. The summed E-state index contributed by atoms with van der Waals surface area (Å²) in [6, 6.07) is 14.8. The van der Waals surface area contributed by atoms with Crippen LogP contribution < -0.4 is 15.4 Å². The lowest BCUT2D eigenvalue weighted by Gasteiger charge is -2.22. The van der Waals surface area contributed by atoms with Crippen LogP contribution in [-0.4, -0.2) is 43.7 Å². The van der Waals surface area contributed by atoms with Crippen molar-refractivity contribution in [3.63, 3.8) is 0 Å². The second-order valence-corrected chi connectivity index (χ2v) is 8.48. The molecule has 1 fully saturated rings. The molecule has 8 heteroatoms. The Labute approximate surface area is 201 Å². The minimum absolute atomic E-state index is 0.121. The van der Waals surface area contributed by atoms with Gasteiger partial charge in [0.15, 0.2) is 5.69 Å². The van der Waals surface area contributed by atoms with Gasteiger partial charge in [0.2, 0.25) is 5.88 Å². The van der Waals surface area contributed by atoms with E-state index in [-0.39, 0.29) is 17.5 Å². The van der Waals surface area contributed by atoms with Gasteiger partial charge >= 0.3 is 0 Å². The highest BCUT2D eigenvalue weighted by atomic mass is 79.9. The number of hydrogen-bond donors (Lipinski definition) is 2. The molecule has 1 aliphatic rings. The Bertz CT molecular complexity index is 1160. The van der Waals surface area contributed by atoms with Crippen LogP contribution in [0.3, 0.4) is 0 Å². The number of carbonyl (C=O) groups excluding carboxylic acids is 2. The van der Waals surface area contributed by atoms with E-state index in [4.69, 9.17) is 9.47 Å². The number of fused-ring (bicyclic) bond motifs is 1. The van der Waals surface area contributed by atoms with Crippen LogP contribution in [0.4, 0.5) is 5.69 Å². The van der Waals surface area contributed by atoms with E-state index < -0.39 is 0 Å². The maximum atomic E-state index is 13.2. The molecule has 3 aromatic rings. The number of anilines is 1. The summed E-state index contributed by atoms with van der Waals surface area (Å²) in [6.45, 7) is 1.95. The smallest absolute Gasteiger partial charge is 0.272 e. The van der Waals surface area contributed by atoms with Crippen molar-refractivity contribution in [2.45, 2.75) is 18.2 Å². The molecule has 0 spiro atoms. The van der Waals surface area contributed by atoms with Gasteiger partial charge in [0.05, 0.1) is 12.8 Å². The van der Waals surface area contributed by atoms with Gasteiger partial charge in [-0.15, -0.1) is 0 Å². The molecule has 0 radical (unpaired) electrons. The van der Waals surface area contributed by atoms with E-state index in [2.05, 4.69) is 31.5 Å². The number of aromatic nitrogens is 1. The van der Waals surface area contributed by atoms with Gasteiger partial charge in [-0.25, -0.2) is 4.98 Å². The van der Waals surface area contributed by atoms with Crippen LogP contribution in [0, 0.1) is 5.92 Å². The SMILES string of the molecule is COc1ccc(NC(=O)c2ccc(CBr)c3ccccc23)c(C(=O)NCC2CCOCC2)n1. The lowest BCUT2D eigenvalue weighted by molar-refractivity contribution is 0.0642. The van der Waals surface area contributed by atoms with Gasteiger partial charge < -0.3 is 20.1 Å².